The van der Waals surface area contributed by atoms with Crippen molar-refractivity contribution in [2.45, 2.75) is 141 Å². The molecule has 24 rings (SSSR count). The van der Waals surface area contributed by atoms with Crippen molar-refractivity contribution in [3.8, 4) is 22.5 Å². The number of halogens is 3. The first-order valence-electron chi connectivity index (χ1n) is 46.9. The Balaban J connectivity index is 0.000000112. The van der Waals surface area contributed by atoms with Crippen LogP contribution in [0.2, 0.25) is 0 Å². The zero-order valence-corrected chi connectivity index (χ0v) is 79.2. The number of guanidine groups is 4. The van der Waals surface area contributed by atoms with Crippen molar-refractivity contribution in [1.82, 2.24) is 78.7 Å². The minimum Gasteiger partial charge on any atom is -0.340 e. The van der Waals surface area contributed by atoms with Crippen LogP contribution in [0.1, 0.15) is 153 Å². The predicted molar refractivity (Wildman–Crippen MR) is 535 cm³/mol. The molecule has 0 spiro atoms. The molecule has 0 unspecified atom stereocenters. The van der Waals surface area contributed by atoms with Gasteiger partial charge in [-0.15, -0.1) is 0 Å². The molecule has 36 heteroatoms. The number of aromatic nitrogens is 12. The van der Waals surface area contributed by atoms with Crippen LogP contribution in [0.25, 0.3) is 22.5 Å². The van der Waals surface area contributed by atoms with Crippen LogP contribution >= 0.6 is 0 Å². The fourth-order valence-electron chi connectivity index (χ4n) is 19.6. The maximum atomic E-state index is 13.7. The van der Waals surface area contributed by atoms with Gasteiger partial charge in [-0.25, -0.2) is 62.4 Å². The molecule has 0 bridgehead atoms. The third-order valence-electron chi connectivity index (χ3n) is 26.6. The van der Waals surface area contributed by atoms with Crippen molar-refractivity contribution in [2.24, 2.45) is 20.0 Å². The summed E-state index contributed by atoms with van der Waals surface area (Å²) >= 11 is 0. The summed E-state index contributed by atoms with van der Waals surface area (Å²) in [6.45, 7) is 14.3. The third kappa shape index (κ3) is 17.5. The monoisotopic (exact) mass is 1890 g/mol. The Kier molecular flexibility index (Phi) is 23.5. The van der Waals surface area contributed by atoms with Crippen LogP contribution in [0.3, 0.4) is 0 Å². The maximum Gasteiger partial charge on any atom is 0.267 e. The van der Waals surface area contributed by atoms with E-state index in [9.17, 15) is 37.1 Å². The summed E-state index contributed by atoms with van der Waals surface area (Å²) in [5.41, 5.74) is 12.3. The first kappa shape index (κ1) is 90.6. The normalized spacial score (nSPS) is 18.2. The first-order chi connectivity index (χ1) is 68.1. The Labute approximate surface area is 810 Å². The van der Waals surface area contributed by atoms with Gasteiger partial charge in [0.2, 0.25) is 29.8 Å². The minimum absolute atomic E-state index is 0.00290. The number of ketones is 1. The lowest BCUT2D eigenvalue weighted by atomic mass is 10.1. The number of benzene rings is 7. The molecule has 2 fully saturated rings. The molecule has 2 saturated carbocycles. The molecule has 15 heterocycles. The zero-order chi connectivity index (χ0) is 97.6. The lowest BCUT2D eigenvalue weighted by Gasteiger charge is -2.34. The SMILES string of the molecule is CC(=O)c1ccc(Cn2nc3c(c2Nc2ccc(F)cc2)C(=O)N(C)C2=NC(C)(C)CN23)cc1.CN1C(=O)c2c(nn(Cc3ccc(-c4cccc(F)n4)cc3)c2Nc2ccccc2)N2C1=N[C@@H]1CCC[C@@H]12.CN1C(=O)c2c(nn(Cc3ccc(-c4ccccn4)cc3)c2Nc2ccccc2)N2C1=N[C@@H]1CCC[C@@H]12.Cc1ncc(Cn2nc3c(c2Nc2ccc(F)cc2)C(=O)N(C)C2=NC(C)(C)CN23)cn1. The molecule has 0 radical (unpaired) electrons. The van der Waals surface area contributed by atoms with Crippen molar-refractivity contribution in [2.75, 3.05) is 82.1 Å². The summed E-state index contributed by atoms with van der Waals surface area (Å²) in [5.74, 6) is 6.30. The molecule has 7 aromatic heterocycles. The van der Waals surface area contributed by atoms with Crippen molar-refractivity contribution < 1.29 is 37.1 Å². The predicted octanol–water partition coefficient (Wildman–Crippen LogP) is 17.0. The number of anilines is 12. The molecule has 0 saturated heterocycles. The molecule has 14 aromatic rings. The Bertz CT molecular complexity index is 7350. The van der Waals surface area contributed by atoms with E-state index in [4.69, 9.17) is 40.4 Å². The van der Waals surface area contributed by atoms with Gasteiger partial charge in [-0.2, -0.15) is 24.8 Å². The first-order valence-corrected chi connectivity index (χ1v) is 46.9. The zero-order valence-electron chi connectivity index (χ0n) is 79.2. The van der Waals surface area contributed by atoms with E-state index in [1.165, 1.54) is 37.3 Å². The largest absolute Gasteiger partial charge is 0.340 e. The van der Waals surface area contributed by atoms with Crippen LogP contribution < -0.4 is 40.9 Å². The summed E-state index contributed by atoms with van der Waals surface area (Å²) in [5, 5.41) is 33.2. The van der Waals surface area contributed by atoms with Crippen LogP contribution in [0.5, 0.6) is 0 Å². The summed E-state index contributed by atoms with van der Waals surface area (Å²) in [7, 11) is 7.03. The number of fused-ring (bicyclic) bond motifs is 16. The number of amides is 4. The Morgan fingerprint density at radius 3 is 1.15 bits per heavy atom. The Hall–Kier alpha value is -16.8. The smallest absolute Gasteiger partial charge is 0.267 e. The molecule has 7 aromatic carbocycles. The average Bonchev–Trinajstić information content (AvgIpc) is 1.57. The van der Waals surface area contributed by atoms with Crippen molar-refractivity contribution in [3.05, 3.63) is 310 Å². The number of pyridine rings is 2. The van der Waals surface area contributed by atoms with Gasteiger partial charge in [0, 0.05) is 91.8 Å². The van der Waals surface area contributed by atoms with Crippen molar-refractivity contribution in [3.63, 3.8) is 0 Å². The molecule has 8 aliphatic heterocycles. The Morgan fingerprint density at radius 2 is 0.752 bits per heavy atom. The van der Waals surface area contributed by atoms with Gasteiger partial charge >= 0.3 is 0 Å². The number of nitrogens with zero attached hydrogens (tertiary/aromatic N) is 24. The maximum absolute atomic E-state index is 13.7. The van der Waals surface area contributed by atoms with E-state index in [1.807, 2.05) is 176 Å². The van der Waals surface area contributed by atoms with Crippen LogP contribution in [-0.4, -0.2) is 208 Å². The summed E-state index contributed by atoms with van der Waals surface area (Å²) in [6, 6.07) is 66.8. The highest BCUT2D eigenvalue weighted by Crippen LogP contribution is 2.48. The van der Waals surface area contributed by atoms with Crippen LogP contribution in [0.15, 0.2) is 257 Å². The van der Waals surface area contributed by atoms with E-state index in [0.717, 1.165) is 94.9 Å². The second-order valence-electron chi connectivity index (χ2n) is 37.7. The van der Waals surface area contributed by atoms with Gasteiger partial charge in [-0.3, -0.25) is 68.2 Å². The number of hydrogen-bond donors (Lipinski definition) is 4. The fraction of sp³-hybridized carbons (Fsp3) is 0.267. The summed E-state index contributed by atoms with van der Waals surface area (Å²) in [6.07, 6.45) is 11.7. The minimum atomic E-state index is -0.505. The number of nitrogens with one attached hydrogen (secondary N) is 4. The van der Waals surface area contributed by atoms with Gasteiger partial charge in [0.15, 0.2) is 29.1 Å². The van der Waals surface area contributed by atoms with Gasteiger partial charge < -0.3 is 21.3 Å². The fourth-order valence-corrected chi connectivity index (χ4v) is 19.6. The van der Waals surface area contributed by atoms with Crippen LogP contribution in [0.4, 0.5) is 82.5 Å². The molecule has 712 valence electrons. The lowest BCUT2D eigenvalue weighted by Crippen LogP contribution is -2.51. The number of para-hydroxylation sites is 2. The second kappa shape index (κ2) is 36.6. The van der Waals surface area contributed by atoms with Gasteiger partial charge in [0.05, 0.1) is 85.9 Å². The second-order valence-corrected chi connectivity index (χ2v) is 37.7. The highest BCUT2D eigenvalue weighted by atomic mass is 19.1. The molecule has 141 heavy (non-hydrogen) atoms. The molecular formula is C105H101F3N28O5. The topological polar surface area (TPSA) is 332 Å². The molecule has 4 amide bonds. The quantitative estimate of drug-likeness (QED) is 0.0431. The number of hydrogen-bond acceptors (Lipinski definition) is 25. The number of rotatable bonds is 19. The number of aryl methyl sites for hydroxylation is 1. The molecule has 4 atom stereocenters. The molecule has 10 aliphatic rings. The van der Waals surface area contributed by atoms with Crippen LogP contribution in [-0.2, 0) is 26.2 Å². The van der Waals surface area contributed by atoms with Crippen molar-refractivity contribution >= 4 is 123 Å². The Morgan fingerprint density at radius 1 is 0.390 bits per heavy atom. The van der Waals surface area contributed by atoms with Gasteiger partial charge in [-0.1, -0.05) is 121 Å². The van der Waals surface area contributed by atoms with Gasteiger partial charge in [0.25, 0.3) is 23.6 Å². The van der Waals surface area contributed by atoms with E-state index in [2.05, 4.69) is 75.3 Å². The van der Waals surface area contributed by atoms with Crippen molar-refractivity contribution in [1.29, 1.82) is 0 Å². The van der Waals surface area contributed by atoms with E-state index < -0.39 is 5.95 Å². The average molecular weight is 1890 g/mol. The highest BCUT2D eigenvalue weighted by Gasteiger charge is 2.53. The molecule has 33 nitrogen and oxygen atoms in total. The highest BCUT2D eigenvalue weighted by molar-refractivity contribution is 6.24. The van der Waals surface area contributed by atoms with E-state index in [1.54, 1.807) is 117 Å². The standard InChI is InChI=1S/C29H26FN7O.C29H27N7O.C25H25FN6O2.C22H23FN8O/c1-35-28(38)25-26(31-20-7-3-2-4-8-20)36(34-27(25)37-23-11-5-10-22(23)33-29(35)37)17-18-13-15-19(16-14-18)21-9-6-12-24(30)32-21;1-34-28(37)25-26(31-21-8-3-2-4-9-21)35(33-27(25)36-24-12-7-11-23(24)32-29(34)36)18-19-13-15-20(16-14-19)22-10-5-6-17-30-22;1-15(33)17-7-5-16(6-8-17)13-32-21(27-19-11-9-18(26)10-12-19)20-22(29-32)31-14-25(2,3)28-24(31)30(4)23(20)34;1-13-24-9-14(10-25-13)11-31-18(26-16-7-5-15(23)6-8-16)17-19(28-31)30-12-22(2,3)27-21(30)29(4)20(17)32/h2-4,6-9,12-16,22-23,31H,5,10-11,17H2,1H3;2-6,8-10,13-17,23-24,31H,7,11-12,18H2,1H3;5-12,27H,13-14H2,1-4H3;5-10,26H,11-12H2,1-4H3/t22-,23+;23-,24+;;/m11../s1. The van der Waals surface area contributed by atoms with E-state index in [-0.39, 0.29) is 76.3 Å². The van der Waals surface area contributed by atoms with E-state index in [0.29, 0.717) is 154 Å². The molecule has 4 N–H and O–H groups in total. The number of carbonyl (C=O) groups excluding carboxylic acids is 5. The van der Waals surface area contributed by atoms with Gasteiger partial charge in [0.1, 0.15) is 63.0 Å². The van der Waals surface area contributed by atoms with E-state index >= 15 is 0 Å². The molecular weight excluding hydrogens is 1790 g/mol. The number of carbonyl (C=O) groups is 5. The van der Waals surface area contributed by atoms with Gasteiger partial charge in [-0.05, 0) is 194 Å². The summed E-state index contributed by atoms with van der Waals surface area (Å²) in [4.78, 5) is 117. The summed E-state index contributed by atoms with van der Waals surface area (Å²) < 4.78 is 47.8. The van der Waals surface area contributed by atoms with Crippen LogP contribution in [0, 0.1) is 24.5 Å². The number of Topliss-reactive ketones (excluding diaryl/α,β-unsaturated/α-hetero) is 1. The number of aliphatic imine (C=N–C) groups is 4. The molecule has 2 aliphatic carbocycles. The third-order valence-corrected chi connectivity index (χ3v) is 26.6. The lowest BCUT2D eigenvalue weighted by molar-refractivity contribution is 0.0857.